The van der Waals surface area contributed by atoms with Gasteiger partial charge < -0.3 is 15.5 Å². The Morgan fingerprint density at radius 2 is 2.05 bits per heavy atom. The van der Waals surface area contributed by atoms with E-state index in [1.807, 2.05) is 28.8 Å². The Hall–Kier alpha value is -2.56. The van der Waals surface area contributed by atoms with Gasteiger partial charge in [0, 0.05) is 18.9 Å². The van der Waals surface area contributed by atoms with Crippen LogP contribution in [0.2, 0.25) is 0 Å². The summed E-state index contributed by atoms with van der Waals surface area (Å²) in [5.74, 6) is 1.20. The Morgan fingerprint density at radius 1 is 1.21 bits per heavy atom. The quantitative estimate of drug-likeness (QED) is 0.746. The van der Waals surface area contributed by atoms with Crippen molar-refractivity contribution in [1.82, 2.24) is 14.4 Å². The van der Waals surface area contributed by atoms with Crippen LogP contribution in [0.1, 0.15) is 5.56 Å². The SMILES string of the molecule is Nc1cn2ccnc2c(NCCc2ccccc2)n1. The van der Waals surface area contributed by atoms with Gasteiger partial charge in [0.25, 0.3) is 0 Å². The minimum absolute atomic E-state index is 0.479. The monoisotopic (exact) mass is 253 g/mol. The molecule has 96 valence electrons. The van der Waals surface area contributed by atoms with Gasteiger partial charge in [-0.05, 0) is 12.0 Å². The fourth-order valence-corrected chi connectivity index (χ4v) is 2.04. The lowest BCUT2D eigenvalue weighted by Crippen LogP contribution is -2.09. The van der Waals surface area contributed by atoms with Gasteiger partial charge in [0.05, 0.1) is 6.20 Å². The molecule has 0 unspecified atom stereocenters. The molecule has 3 rings (SSSR count). The lowest BCUT2D eigenvalue weighted by Gasteiger charge is -2.08. The van der Waals surface area contributed by atoms with Crippen molar-refractivity contribution >= 4 is 17.3 Å². The molecule has 5 nitrogen and oxygen atoms in total. The molecule has 2 heterocycles. The average molecular weight is 253 g/mol. The van der Waals surface area contributed by atoms with E-state index in [0.717, 1.165) is 24.4 Å². The summed E-state index contributed by atoms with van der Waals surface area (Å²) >= 11 is 0. The predicted octanol–water partition coefficient (Wildman–Crippen LogP) is 1.97. The fraction of sp³-hybridized carbons (Fsp3) is 0.143. The highest BCUT2D eigenvalue weighted by Gasteiger charge is 2.05. The number of benzene rings is 1. The molecule has 0 saturated heterocycles. The van der Waals surface area contributed by atoms with Gasteiger partial charge in [-0.2, -0.15) is 0 Å². The van der Waals surface area contributed by atoms with E-state index in [1.54, 1.807) is 12.4 Å². The maximum absolute atomic E-state index is 5.77. The molecule has 3 N–H and O–H groups in total. The Morgan fingerprint density at radius 3 is 2.89 bits per heavy atom. The maximum Gasteiger partial charge on any atom is 0.180 e. The van der Waals surface area contributed by atoms with Gasteiger partial charge in [-0.1, -0.05) is 30.3 Å². The normalized spacial score (nSPS) is 10.7. The summed E-state index contributed by atoms with van der Waals surface area (Å²) in [6.07, 6.45) is 6.28. The highest BCUT2D eigenvalue weighted by Crippen LogP contribution is 2.14. The van der Waals surface area contributed by atoms with Crippen LogP contribution in [-0.2, 0) is 6.42 Å². The zero-order chi connectivity index (χ0) is 13.1. The van der Waals surface area contributed by atoms with E-state index in [-0.39, 0.29) is 0 Å². The van der Waals surface area contributed by atoms with Crippen molar-refractivity contribution in [3.63, 3.8) is 0 Å². The molecular formula is C14H15N5. The molecule has 0 radical (unpaired) electrons. The van der Waals surface area contributed by atoms with Gasteiger partial charge in [-0.25, -0.2) is 9.97 Å². The van der Waals surface area contributed by atoms with Crippen LogP contribution >= 0.6 is 0 Å². The number of hydrogen-bond acceptors (Lipinski definition) is 4. The first-order valence-electron chi connectivity index (χ1n) is 6.20. The summed E-state index contributed by atoms with van der Waals surface area (Å²) in [7, 11) is 0. The van der Waals surface area contributed by atoms with E-state index >= 15 is 0 Å². The van der Waals surface area contributed by atoms with Crippen LogP contribution in [0.4, 0.5) is 11.6 Å². The molecule has 0 amide bonds. The van der Waals surface area contributed by atoms with E-state index in [0.29, 0.717) is 5.82 Å². The third-order valence-electron chi connectivity index (χ3n) is 2.94. The number of fused-ring (bicyclic) bond motifs is 1. The van der Waals surface area contributed by atoms with Gasteiger partial charge in [0.15, 0.2) is 11.5 Å². The van der Waals surface area contributed by atoms with Gasteiger partial charge in [-0.3, -0.25) is 0 Å². The van der Waals surface area contributed by atoms with E-state index in [1.165, 1.54) is 5.56 Å². The summed E-state index contributed by atoms with van der Waals surface area (Å²) in [4.78, 5) is 8.56. The number of nitrogens with zero attached hydrogens (tertiary/aromatic N) is 3. The first kappa shape index (κ1) is 11.5. The first-order valence-corrected chi connectivity index (χ1v) is 6.20. The van der Waals surface area contributed by atoms with Crippen LogP contribution in [0.15, 0.2) is 48.9 Å². The van der Waals surface area contributed by atoms with Crippen molar-refractivity contribution in [2.24, 2.45) is 0 Å². The number of nitrogen functional groups attached to an aromatic ring is 1. The second-order valence-electron chi connectivity index (χ2n) is 4.33. The molecule has 2 aromatic heterocycles. The summed E-state index contributed by atoms with van der Waals surface area (Å²) in [5.41, 5.74) is 7.85. The number of aromatic nitrogens is 3. The van der Waals surface area contributed by atoms with Crippen LogP contribution in [0.25, 0.3) is 5.65 Å². The van der Waals surface area contributed by atoms with Crippen molar-refractivity contribution < 1.29 is 0 Å². The van der Waals surface area contributed by atoms with E-state index < -0.39 is 0 Å². The zero-order valence-corrected chi connectivity index (χ0v) is 10.5. The summed E-state index contributed by atoms with van der Waals surface area (Å²) in [6, 6.07) is 10.3. The largest absolute Gasteiger partial charge is 0.382 e. The minimum atomic E-state index is 0.479. The van der Waals surface area contributed by atoms with E-state index in [2.05, 4.69) is 27.4 Å². The average Bonchev–Trinajstić information content (AvgIpc) is 2.88. The third-order valence-corrected chi connectivity index (χ3v) is 2.94. The van der Waals surface area contributed by atoms with E-state index in [9.17, 15) is 0 Å². The van der Waals surface area contributed by atoms with Crippen LogP contribution in [0.3, 0.4) is 0 Å². The molecule has 0 aliphatic carbocycles. The second-order valence-corrected chi connectivity index (χ2v) is 4.33. The second kappa shape index (κ2) is 4.97. The number of nitrogens with one attached hydrogen (secondary N) is 1. The van der Waals surface area contributed by atoms with E-state index in [4.69, 9.17) is 5.73 Å². The maximum atomic E-state index is 5.77. The van der Waals surface area contributed by atoms with Gasteiger partial charge >= 0.3 is 0 Å². The zero-order valence-electron chi connectivity index (χ0n) is 10.5. The first-order chi connectivity index (χ1) is 9.33. The fourth-order valence-electron chi connectivity index (χ4n) is 2.04. The summed E-state index contributed by atoms with van der Waals surface area (Å²) in [5, 5.41) is 3.29. The molecule has 0 bridgehead atoms. The number of hydrogen-bond donors (Lipinski definition) is 2. The number of imidazole rings is 1. The van der Waals surface area contributed by atoms with Crippen molar-refractivity contribution in [2.45, 2.75) is 6.42 Å². The van der Waals surface area contributed by atoms with Gasteiger partial charge in [-0.15, -0.1) is 0 Å². The molecule has 0 atom stereocenters. The van der Waals surface area contributed by atoms with Gasteiger partial charge in [0.2, 0.25) is 0 Å². The molecule has 0 spiro atoms. The molecule has 0 aliphatic heterocycles. The van der Waals surface area contributed by atoms with Crippen molar-refractivity contribution in [3.05, 3.63) is 54.5 Å². The standard InChI is InChI=1S/C14H15N5/c15-12-10-19-9-8-17-14(19)13(18-12)16-7-6-11-4-2-1-3-5-11/h1-5,8-10H,6-7,15H2,(H,16,18). The van der Waals surface area contributed by atoms with Crippen molar-refractivity contribution in [2.75, 3.05) is 17.6 Å². The Kier molecular flexibility index (Phi) is 3.02. The minimum Gasteiger partial charge on any atom is -0.382 e. The highest BCUT2D eigenvalue weighted by atomic mass is 15.1. The van der Waals surface area contributed by atoms with Crippen molar-refractivity contribution in [3.8, 4) is 0 Å². The van der Waals surface area contributed by atoms with Gasteiger partial charge in [0.1, 0.15) is 5.82 Å². The van der Waals surface area contributed by atoms with Crippen LogP contribution in [0.5, 0.6) is 0 Å². The topological polar surface area (TPSA) is 68.2 Å². The summed E-state index contributed by atoms with van der Waals surface area (Å²) in [6.45, 7) is 0.795. The molecular weight excluding hydrogens is 238 g/mol. The highest BCUT2D eigenvalue weighted by molar-refractivity contribution is 5.64. The molecule has 1 aromatic carbocycles. The molecule has 19 heavy (non-hydrogen) atoms. The third kappa shape index (κ3) is 2.49. The number of anilines is 2. The Bertz CT molecular complexity index is 675. The van der Waals surface area contributed by atoms with Crippen LogP contribution in [-0.4, -0.2) is 20.9 Å². The molecule has 3 aromatic rings. The van der Waals surface area contributed by atoms with Crippen LogP contribution in [0, 0.1) is 0 Å². The van der Waals surface area contributed by atoms with Crippen LogP contribution < -0.4 is 11.1 Å². The molecule has 0 aliphatic rings. The molecule has 0 fully saturated rings. The van der Waals surface area contributed by atoms with Crippen molar-refractivity contribution in [1.29, 1.82) is 0 Å². The predicted molar refractivity (Wildman–Crippen MR) is 76.0 cm³/mol. The lowest BCUT2D eigenvalue weighted by atomic mass is 10.1. The summed E-state index contributed by atoms with van der Waals surface area (Å²) < 4.78 is 1.87. The number of rotatable bonds is 4. The Balaban J connectivity index is 1.73. The Labute approximate surface area is 111 Å². The smallest absolute Gasteiger partial charge is 0.180 e. The lowest BCUT2D eigenvalue weighted by molar-refractivity contribution is 1.000. The molecule has 5 heteroatoms. The number of nitrogens with two attached hydrogens (primary N) is 1. The molecule has 0 saturated carbocycles.